The van der Waals surface area contributed by atoms with Gasteiger partial charge in [0.05, 0.1) is 25.9 Å². The summed E-state index contributed by atoms with van der Waals surface area (Å²) in [6.07, 6.45) is 11.5. The molecule has 0 aromatic heterocycles. The maximum absolute atomic E-state index is 7.40. The molecule has 230 valence electrons. The van der Waals surface area contributed by atoms with Crippen LogP contribution in [0.25, 0.3) is 0 Å². The van der Waals surface area contributed by atoms with E-state index in [2.05, 4.69) is 149 Å². The summed E-state index contributed by atoms with van der Waals surface area (Å²) >= 11 is 0. The number of methoxy groups -OCH3 is 1. The van der Waals surface area contributed by atoms with Gasteiger partial charge in [-0.2, -0.15) is 0 Å². The number of allylic oxidation sites excluding steroid dienone is 2. The van der Waals surface area contributed by atoms with Gasteiger partial charge in [0, 0.05) is 0 Å². The van der Waals surface area contributed by atoms with E-state index < -0.39 is 8.32 Å². The third-order valence-electron chi connectivity index (χ3n) is 8.07. The Morgan fingerprint density at radius 2 is 1.30 bits per heavy atom. The Hall–Kier alpha value is -3.70. The molecule has 4 heteroatoms. The third kappa shape index (κ3) is 8.69. The predicted molar refractivity (Wildman–Crippen MR) is 187 cm³/mol. The van der Waals surface area contributed by atoms with E-state index in [1.807, 2.05) is 18.2 Å². The summed E-state index contributed by atoms with van der Waals surface area (Å²) in [5, 5.41) is 2.56. The van der Waals surface area contributed by atoms with Crippen molar-refractivity contribution in [3.63, 3.8) is 0 Å². The average Bonchev–Trinajstić information content (AvgIpc) is 3.05. The molecular formula is C40H48O3Si. The summed E-state index contributed by atoms with van der Waals surface area (Å²) < 4.78 is 19.1. The van der Waals surface area contributed by atoms with Crippen molar-refractivity contribution in [3.05, 3.63) is 151 Å². The highest BCUT2D eigenvalue weighted by Crippen LogP contribution is 2.38. The van der Waals surface area contributed by atoms with Crippen LogP contribution in [0.2, 0.25) is 5.04 Å². The lowest BCUT2D eigenvalue weighted by molar-refractivity contribution is 0.0416. The Bertz CT molecular complexity index is 1390. The molecule has 0 amide bonds. The number of hydrogen-bond donors (Lipinski definition) is 0. The van der Waals surface area contributed by atoms with E-state index in [-0.39, 0.29) is 17.2 Å². The fourth-order valence-corrected chi connectivity index (χ4v) is 10.5. The van der Waals surface area contributed by atoms with Crippen LogP contribution in [-0.2, 0) is 15.8 Å². The van der Waals surface area contributed by atoms with Gasteiger partial charge in [0.2, 0.25) is 0 Å². The van der Waals surface area contributed by atoms with Gasteiger partial charge in [0.15, 0.2) is 0 Å². The van der Waals surface area contributed by atoms with Crippen LogP contribution < -0.4 is 15.1 Å². The van der Waals surface area contributed by atoms with E-state index in [1.54, 1.807) is 7.11 Å². The molecule has 4 rings (SSSR count). The summed E-state index contributed by atoms with van der Waals surface area (Å²) in [6.45, 7) is 9.64. The normalized spacial score (nSPS) is 13.8. The van der Waals surface area contributed by atoms with Crippen molar-refractivity contribution < 1.29 is 13.9 Å². The molecule has 2 atom stereocenters. The molecule has 0 spiro atoms. The zero-order valence-corrected chi connectivity index (χ0v) is 28.0. The second-order valence-electron chi connectivity index (χ2n) is 12.2. The van der Waals surface area contributed by atoms with Crippen LogP contribution in [0.1, 0.15) is 64.2 Å². The zero-order valence-electron chi connectivity index (χ0n) is 27.0. The van der Waals surface area contributed by atoms with E-state index in [4.69, 9.17) is 13.9 Å². The first-order valence-corrected chi connectivity index (χ1v) is 17.6. The van der Waals surface area contributed by atoms with Gasteiger partial charge >= 0.3 is 0 Å². The first-order valence-electron chi connectivity index (χ1n) is 15.7. The van der Waals surface area contributed by atoms with E-state index in [1.165, 1.54) is 15.9 Å². The van der Waals surface area contributed by atoms with Gasteiger partial charge in [-0.1, -0.05) is 148 Å². The maximum atomic E-state index is 7.40. The molecule has 0 saturated heterocycles. The minimum absolute atomic E-state index is 0.00666. The first-order chi connectivity index (χ1) is 21.4. The lowest BCUT2D eigenvalue weighted by atomic mass is 10.1. The molecule has 0 fully saturated rings. The standard InChI is InChI=1S/C40H48O3Si/c1-6-19-36(43-44(40(2,3)4,37-23-14-9-15-24-37)38-25-16-10-17-26-38)22-13-8-18-27-39(34-20-11-7-12-21-34)42-32-33-28-30-35(41-5)31-29-33/h6-12,14-21,23-26,28-31,36,39H,13,22,27,32H2,1-5H3/b18-8-,19-6+/t36-,39+/m0/s1. The van der Waals surface area contributed by atoms with Gasteiger partial charge in [-0.15, -0.1) is 0 Å². The highest BCUT2D eigenvalue weighted by Gasteiger charge is 2.51. The number of ether oxygens (including phenoxy) is 2. The molecule has 0 heterocycles. The SMILES string of the molecule is C/C=C/[C@@H](CC/C=C\C[C@@H](OCc1ccc(OC)cc1)c1ccccc1)O[Si](c1ccccc1)(c1ccccc1)C(C)(C)C. The van der Waals surface area contributed by atoms with Gasteiger partial charge in [0.25, 0.3) is 8.32 Å². The van der Waals surface area contributed by atoms with E-state index >= 15 is 0 Å². The fourth-order valence-electron chi connectivity index (χ4n) is 5.81. The molecule has 0 N–H and O–H groups in total. The Morgan fingerprint density at radius 3 is 1.82 bits per heavy atom. The van der Waals surface area contributed by atoms with Crippen LogP contribution in [-0.4, -0.2) is 21.5 Å². The molecule has 0 saturated carbocycles. The maximum Gasteiger partial charge on any atom is 0.261 e. The third-order valence-corrected chi connectivity index (χ3v) is 13.1. The predicted octanol–water partition coefficient (Wildman–Crippen LogP) is 9.20. The van der Waals surface area contributed by atoms with Crippen LogP contribution in [0.4, 0.5) is 0 Å². The second-order valence-corrected chi connectivity index (χ2v) is 16.4. The minimum Gasteiger partial charge on any atom is -0.497 e. The van der Waals surface area contributed by atoms with Gasteiger partial charge in [0.1, 0.15) is 5.75 Å². The van der Waals surface area contributed by atoms with Gasteiger partial charge in [-0.05, 0) is 64.9 Å². The highest BCUT2D eigenvalue weighted by atomic mass is 28.4. The Balaban J connectivity index is 1.47. The molecule has 4 aromatic rings. The van der Waals surface area contributed by atoms with E-state index in [9.17, 15) is 0 Å². The number of benzene rings is 4. The van der Waals surface area contributed by atoms with Crippen LogP contribution in [0.5, 0.6) is 5.75 Å². The molecular weight excluding hydrogens is 557 g/mol. The highest BCUT2D eigenvalue weighted by molar-refractivity contribution is 6.99. The largest absolute Gasteiger partial charge is 0.497 e. The van der Waals surface area contributed by atoms with E-state index in [0.717, 1.165) is 30.6 Å². The summed E-state index contributed by atoms with van der Waals surface area (Å²) in [5.74, 6) is 0.853. The van der Waals surface area contributed by atoms with Crippen LogP contribution in [0.15, 0.2) is 140 Å². The van der Waals surface area contributed by atoms with Gasteiger partial charge in [-0.3, -0.25) is 0 Å². The van der Waals surface area contributed by atoms with Crippen molar-refractivity contribution in [1.29, 1.82) is 0 Å². The van der Waals surface area contributed by atoms with Gasteiger partial charge in [-0.25, -0.2) is 0 Å². The van der Waals surface area contributed by atoms with Crippen molar-refractivity contribution in [1.82, 2.24) is 0 Å². The topological polar surface area (TPSA) is 27.7 Å². The zero-order chi connectivity index (χ0) is 31.3. The quantitative estimate of drug-likeness (QED) is 0.100. The second kappa shape index (κ2) is 16.4. The van der Waals surface area contributed by atoms with Crippen molar-refractivity contribution in [3.8, 4) is 5.75 Å². The van der Waals surface area contributed by atoms with Crippen molar-refractivity contribution in [2.75, 3.05) is 7.11 Å². The Labute approximate surface area is 266 Å². The van der Waals surface area contributed by atoms with Crippen LogP contribution >= 0.6 is 0 Å². The van der Waals surface area contributed by atoms with Crippen molar-refractivity contribution in [2.45, 2.75) is 70.8 Å². The number of hydrogen-bond acceptors (Lipinski definition) is 3. The molecule has 3 nitrogen and oxygen atoms in total. The summed E-state index contributed by atoms with van der Waals surface area (Å²) in [7, 11) is -0.946. The smallest absolute Gasteiger partial charge is 0.261 e. The number of rotatable bonds is 15. The molecule has 4 aromatic carbocycles. The summed E-state index contributed by atoms with van der Waals surface area (Å²) in [4.78, 5) is 0. The molecule has 44 heavy (non-hydrogen) atoms. The lowest BCUT2D eigenvalue weighted by Gasteiger charge is -2.44. The van der Waals surface area contributed by atoms with E-state index in [0.29, 0.717) is 6.61 Å². The van der Waals surface area contributed by atoms with Crippen molar-refractivity contribution >= 4 is 18.7 Å². The molecule has 0 unspecified atom stereocenters. The Kier molecular flexibility index (Phi) is 12.4. The Morgan fingerprint density at radius 1 is 0.727 bits per heavy atom. The molecule has 0 aliphatic carbocycles. The minimum atomic E-state index is -2.63. The first kappa shape index (κ1) is 33.2. The molecule has 0 aliphatic heterocycles. The monoisotopic (exact) mass is 604 g/mol. The summed E-state index contributed by atoms with van der Waals surface area (Å²) in [5.41, 5.74) is 2.32. The molecule has 0 aliphatic rings. The van der Waals surface area contributed by atoms with Gasteiger partial charge < -0.3 is 13.9 Å². The molecule has 0 radical (unpaired) electrons. The lowest BCUT2D eigenvalue weighted by Crippen LogP contribution is -2.67. The van der Waals surface area contributed by atoms with Crippen molar-refractivity contribution in [2.24, 2.45) is 0 Å². The molecule has 0 bridgehead atoms. The average molecular weight is 605 g/mol. The van der Waals surface area contributed by atoms with Crippen LogP contribution in [0.3, 0.4) is 0 Å². The van der Waals surface area contributed by atoms with Crippen LogP contribution in [0, 0.1) is 0 Å². The fraction of sp³-hybridized carbons (Fsp3) is 0.300. The summed E-state index contributed by atoms with van der Waals surface area (Å²) in [6, 6.07) is 40.3.